The number of benzene rings is 2. The molecule has 22 heavy (non-hydrogen) atoms. The summed E-state index contributed by atoms with van der Waals surface area (Å²) in [7, 11) is 3.37. The molecule has 112 valence electrons. The second kappa shape index (κ2) is 6.06. The molecule has 0 radical (unpaired) electrons. The number of methoxy groups -OCH3 is 2. The van der Waals surface area contributed by atoms with Crippen molar-refractivity contribution in [3.63, 3.8) is 0 Å². The second-order valence-corrected chi connectivity index (χ2v) is 5.15. The average Bonchev–Trinajstić information content (AvgIpc) is 2.60. The fourth-order valence-electron chi connectivity index (χ4n) is 2.57. The van der Waals surface area contributed by atoms with Crippen LogP contribution in [-0.4, -0.2) is 19.2 Å². The minimum atomic E-state index is 0.833. The Labute approximate surface area is 130 Å². The van der Waals surface area contributed by atoms with Crippen molar-refractivity contribution in [2.75, 3.05) is 14.2 Å². The molecule has 0 unspecified atom stereocenters. The summed E-state index contributed by atoms with van der Waals surface area (Å²) in [6.45, 7) is 2.13. The number of pyridine rings is 1. The summed E-state index contributed by atoms with van der Waals surface area (Å²) in [5.74, 6) is 1.71. The maximum Gasteiger partial charge on any atom is 0.128 e. The molecule has 0 amide bonds. The molecule has 3 aromatic rings. The molecule has 3 nitrogen and oxygen atoms in total. The van der Waals surface area contributed by atoms with Gasteiger partial charge in [-0.05, 0) is 48.4 Å². The van der Waals surface area contributed by atoms with Crippen LogP contribution in [-0.2, 0) is 6.42 Å². The van der Waals surface area contributed by atoms with Gasteiger partial charge < -0.3 is 9.47 Å². The molecule has 0 bridgehead atoms. The van der Waals surface area contributed by atoms with Crippen LogP contribution in [0.1, 0.15) is 12.5 Å². The van der Waals surface area contributed by atoms with Crippen LogP contribution in [0.4, 0.5) is 0 Å². The standard InChI is InChI=1S/C19H19NO2/c1-4-13-10-18-16(19(11-13)22-3)8-9-17(20-18)14-6-5-7-15(12-14)21-2/h5-12H,4H2,1-3H3. The minimum absolute atomic E-state index is 0.833. The smallest absolute Gasteiger partial charge is 0.128 e. The molecule has 0 saturated carbocycles. The minimum Gasteiger partial charge on any atom is -0.497 e. The Morgan fingerprint density at radius 1 is 0.955 bits per heavy atom. The van der Waals surface area contributed by atoms with Crippen molar-refractivity contribution in [2.24, 2.45) is 0 Å². The molecular formula is C19H19NO2. The molecular weight excluding hydrogens is 274 g/mol. The summed E-state index contributed by atoms with van der Waals surface area (Å²) in [6.07, 6.45) is 0.956. The molecule has 3 rings (SSSR count). The van der Waals surface area contributed by atoms with Gasteiger partial charge in [-0.25, -0.2) is 4.98 Å². The second-order valence-electron chi connectivity index (χ2n) is 5.15. The van der Waals surface area contributed by atoms with Gasteiger partial charge in [0.1, 0.15) is 11.5 Å². The van der Waals surface area contributed by atoms with Crippen LogP contribution in [0.5, 0.6) is 11.5 Å². The van der Waals surface area contributed by atoms with E-state index in [9.17, 15) is 0 Å². The van der Waals surface area contributed by atoms with E-state index in [0.29, 0.717) is 0 Å². The van der Waals surface area contributed by atoms with Gasteiger partial charge in [-0.1, -0.05) is 19.1 Å². The first-order valence-corrected chi connectivity index (χ1v) is 7.37. The van der Waals surface area contributed by atoms with Crippen LogP contribution < -0.4 is 9.47 Å². The Bertz CT molecular complexity index is 812. The molecule has 0 saturated heterocycles. The number of nitrogens with zero attached hydrogens (tertiary/aromatic N) is 1. The van der Waals surface area contributed by atoms with Crippen molar-refractivity contribution in [1.29, 1.82) is 0 Å². The maximum atomic E-state index is 5.49. The molecule has 0 spiro atoms. The Balaban J connectivity index is 2.16. The summed E-state index contributed by atoms with van der Waals surface area (Å²) in [5, 5.41) is 1.03. The highest BCUT2D eigenvalue weighted by atomic mass is 16.5. The van der Waals surface area contributed by atoms with Crippen LogP contribution >= 0.6 is 0 Å². The lowest BCUT2D eigenvalue weighted by atomic mass is 10.1. The first-order valence-electron chi connectivity index (χ1n) is 7.37. The maximum absolute atomic E-state index is 5.49. The van der Waals surface area contributed by atoms with Gasteiger partial charge in [-0.2, -0.15) is 0 Å². The van der Waals surface area contributed by atoms with E-state index in [-0.39, 0.29) is 0 Å². The molecule has 0 aliphatic carbocycles. The SMILES string of the molecule is CCc1cc(OC)c2ccc(-c3cccc(OC)c3)nc2c1. The summed E-state index contributed by atoms with van der Waals surface area (Å²) in [5.41, 5.74) is 4.15. The lowest BCUT2D eigenvalue weighted by molar-refractivity contribution is 0.415. The van der Waals surface area contributed by atoms with Gasteiger partial charge in [0.05, 0.1) is 25.4 Å². The van der Waals surface area contributed by atoms with Crippen molar-refractivity contribution >= 4 is 10.9 Å². The van der Waals surface area contributed by atoms with Gasteiger partial charge in [0.15, 0.2) is 0 Å². The van der Waals surface area contributed by atoms with E-state index in [1.54, 1.807) is 14.2 Å². The van der Waals surface area contributed by atoms with Crippen LogP contribution in [0.2, 0.25) is 0 Å². The van der Waals surface area contributed by atoms with Crippen molar-refractivity contribution < 1.29 is 9.47 Å². The van der Waals surface area contributed by atoms with E-state index in [1.807, 2.05) is 30.3 Å². The monoisotopic (exact) mass is 293 g/mol. The Hall–Kier alpha value is -2.55. The molecule has 3 heteroatoms. The Morgan fingerprint density at radius 3 is 2.55 bits per heavy atom. The molecule has 0 aliphatic rings. The summed E-state index contributed by atoms with van der Waals surface area (Å²) in [6, 6.07) is 16.2. The molecule has 1 heterocycles. The van der Waals surface area contributed by atoms with Crippen molar-refractivity contribution in [3.8, 4) is 22.8 Å². The highest BCUT2D eigenvalue weighted by Crippen LogP contribution is 2.30. The van der Waals surface area contributed by atoms with Gasteiger partial charge >= 0.3 is 0 Å². The quantitative estimate of drug-likeness (QED) is 0.710. The molecule has 0 aliphatic heterocycles. The summed E-state index contributed by atoms with van der Waals surface area (Å²) in [4.78, 5) is 4.80. The lowest BCUT2D eigenvalue weighted by Crippen LogP contribution is -1.92. The Kier molecular flexibility index (Phi) is 3.96. The van der Waals surface area contributed by atoms with Gasteiger partial charge in [0.2, 0.25) is 0 Å². The van der Waals surface area contributed by atoms with Crippen LogP contribution in [0.15, 0.2) is 48.5 Å². The zero-order chi connectivity index (χ0) is 15.5. The number of hydrogen-bond donors (Lipinski definition) is 0. The lowest BCUT2D eigenvalue weighted by Gasteiger charge is -2.10. The highest BCUT2D eigenvalue weighted by molar-refractivity contribution is 5.88. The van der Waals surface area contributed by atoms with E-state index in [2.05, 4.69) is 25.1 Å². The molecule has 1 aromatic heterocycles. The molecule has 0 N–H and O–H groups in total. The van der Waals surface area contributed by atoms with Crippen molar-refractivity contribution in [2.45, 2.75) is 13.3 Å². The van der Waals surface area contributed by atoms with Crippen LogP contribution in [0.3, 0.4) is 0 Å². The van der Waals surface area contributed by atoms with E-state index in [1.165, 1.54) is 5.56 Å². The third-order valence-electron chi connectivity index (χ3n) is 3.82. The molecule has 0 fully saturated rings. The molecule has 2 aromatic carbocycles. The van der Waals surface area contributed by atoms with E-state index in [4.69, 9.17) is 14.5 Å². The highest BCUT2D eigenvalue weighted by Gasteiger charge is 2.08. The van der Waals surface area contributed by atoms with E-state index < -0.39 is 0 Å². The zero-order valence-corrected chi connectivity index (χ0v) is 13.1. The third-order valence-corrected chi connectivity index (χ3v) is 3.82. The fourth-order valence-corrected chi connectivity index (χ4v) is 2.57. The van der Waals surface area contributed by atoms with E-state index in [0.717, 1.165) is 40.1 Å². The normalized spacial score (nSPS) is 10.7. The predicted octanol–water partition coefficient (Wildman–Crippen LogP) is 4.48. The van der Waals surface area contributed by atoms with E-state index >= 15 is 0 Å². The largest absolute Gasteiger partial charge is 0.497 e. The van der Waals surface area contributed by atoms with Gasteiger partial charge in [0, 0.05) is 10.9 Å². The number of aromatic nitrogens is 1. The number of rotatable bonds is 4. The van der Waals surface area contributed by atoms with Crippen LogP contribution in [0, 0.1) is 0 Å². The number of aryl methyl sites for hydroxylation is 1. The molecule has 0 atom stereocenters. The van der Waals surface area contributed by atoms with Gasteiger partial charge in [-0.3, -0.25) is 0 Å². The first-order chi connectivity index (χ1) is 10.7. The zero-order valence-electron chi connectivity index (χ0n) is 13.1. The van der Waals surface area contributed by atoms with Crippen molar-refractivity contribution in [3.05, 3.63) is 54.1 Å². The summed E-state index contributed by atoms with van der Waals surface area (Å²) >= 11 is 0. The predicted molar refractivity (Wildman–Crippen MR) is 89.7 cm³/mol. The number of ether oxygens (including phenoxy) is 2. The van der Waals surface area contributed by atoms with Crippen LogP contribution in [0.25, 0.3) is 22.2 Å². The number of fused-ring (bicyclic) bond motifs is 1. The summed E-state index contributed by atoms with van der Waals surface area (Å²) < 4.78 is 10.8. The fraction of sp³-hybridized carbons (Fsp3) is 0.211. The topological polar surface area (TPSA) is 31.4 Å². The first kappa shape index (κ1) is 14.4. The van der Waals surface area contributed by atoms with Crippen molar-refractivity contribution in [1.82, 2.24) is 4.98 Å². The third kappa shape index (κ3) is 2.62. The van der Waals surface area contributed by atoms with Gasteiger partial charge in [-0.15, -0.1) is 0 Å². The van der Waals surface area contributed by atoms with Gasteiger partial charge in [0.25, 0.3) is 0 Å². The Morgan fingerprint density at radius 2 is 1.82 bits per heavy atom. The number of hydrogen-bond acceptors (Lipinski definition) is 3. The average molecular weight is 293 g/mol.